The van der Waals surface area contributed by atoms with Crippen molar-refractivity contribution in [2.24, 2.45) is 0 Å². The van der Waals surface area contributed by atoms with Gasteiger partial charge in [-0.05, 0) is 20.1 Å². The summed E-state index contributed by atoms with van der Waals surface area (Å²) >= 11 is 0. The summed E-state index contributed by atoms with van der Waals surface area (Å²) in [5, 5.41) is 0. The Bertz CT molecular complexity index is 55.0. The van der Waals surface area contributed by atoms with Crippen LogP contribution in [0.1, 0.15) is 12.8 Å². The molecule has 0 saturated carbocycles. The van der Waals surface area contributed by atoms with Gasteiger partial charge >= 0.3 is 23.1 Å². The van der Waals surface area contributed by atoms with Crippen molar-refractivity contribution in [2.45, 2.75) is 12.8 Å². The van der Waals surface area contributed by atoms with Crippen molar-refractivity contribution >= 4 is 23.1 Å². The van der Waals surface area contributed by atoms with Crippen molar-refractivity contribution in [3.8, 4) is 0 Å². The first-order valence-electron chi connectivity index (χ1n) is 2.90. The fourth-order valence-corrected chi connectivity index (χ4v) is 0.879. The molecule has 0 unspecified atom stereocenters. The minimum absolute atomic E-state index is 0. The number of likely N-dealkylation sites (tertiary alicyclic amines) is 1. The van der Waals surface area contributed by atoms with E-state index in [0.717, 1.165) is 0 Å². The van der Waals surface area contributed by atoms with Crippen molar-refractivity contribution < 1.29 is 17.0 Å². The summed E-state index contributed by atoms with van der Waals surface area (Å²) in [5.74, 6) is 0. The second kappa shape index (κ2) is 7.31. The van der Waals surface area contributed by atoms with Crippen LogP contribution in [0.2, 0.25) is 0 Å². The molecule has 1 rings (SSSR count). The third kappa shape index (κ3) is 5.64. The molecule has 0 spiro atoms. The molecule has 0 aliphatic carbocycles. The molecule has 1 saturated heterocycles. The molecule has 9 heavy (non-hydrogen) atoms. The van der Waals surface area contributed by atoms with Gasteiger partial charge in [0.1, 0.15) is 0 Å². The van der Waals surface area contributed by atoms with Crippen molar-refractivity contribution in [1.82, 2.24) is 4.90 Å². The van der Waals surface area contributed by atoms with Crippen LogP contribution >= 0.6 is 0 Å². The van der Waals surface area contributed by atoms with Crippen molar-refractivity contribution in [3.63, 3.8) is 0 Å². The predicted octanol–water partition coefficient (Wildman–Crippen LogP) is -2.46. The summed E-state index contributed by atoms with van der Waals surface area (Å²) < 4.78 is 0. The average Bonchev–Trinajstić information content (AvgIpc) is 1.69. The molecule has 1 aliphatic heterocycles. The molecule has 0 radical (unpaired) electrons. The Morgan fingerprint density at radius 2 is 1.67 bits per heavy atom. The van der Waals surface area contributed by atoms with Gasteiger partial charge in [0.2, 0.25) is 0 Å². The molecule has 0 aromatic rings. The van der Waals surface area contributed by atoms with Gasteiger partial charge < -0.3 is 28.3 Å². The molecule has 1 fully saturated rings. The zero-order valence-corrected chi connectivity index (χ0v) is 8.94. The van der Waals surface area contributed by atoms with Gasteiger partial charge in [-0.3, -0.25) is 0 Å². The molecule has 0 amide bonds. The Morgan fingerprint density at radius 1 is 1.22 bits per heavy atom. The molecule has 0 aromatic heterocycles. The molecule has 0 atom stereocenters. The number of nitrogens with zero attached hydrogens (tertiary/aromatic N) is 1. The summed E-state index contributed by atoms with van der Waals surface area (Å²) in [6.07, 6.45) is 4.94. The second-order valence-corrected chi connectivity index (χ2v) is 2.17. The first kappa shape index (κ1) is 12.8. The largest absolute Gasteiger partial charge is 2.00 e. The summed E-state index contributed by atoms with van der Waals surface area (Å²) in [4.78, 5) is 2.36. The molecule has 0 aromatic carbocycles. The van der Waals surface area contributed by atoms with E-state index in [1.165, 1.54) is 25.9 Å². The smallest absolute Gasteiger partial charge is 1.00 e. The van der Waals surface area contributed by atoms with Gasteiger partial charge in [-0.15, -0.1) is 0 Å². The Morgan fingerprint density at radius 3 is 1.89 bits per heavy atom. The number of rotatable bonds is 0. The van der Waals surface area contributed by atoms with E-state index in [0.29, 0.717) is 0 Å². The number of halogens is 1. The molecular weight excluding hydrogens is 190 g/mol. The molecule has 50 valence electrons. The Hall–Kier alpha value is 1.21. The van der Waals surface area contributed by atoms with E-state index in [9.17, 15) is 0 Å². The minimum atomic E-state index is 0. The van der Waals surface area contributed by atoms with Crippen molar-refractivity contribution in [3.05, 3.63) is 6.42 Å². The number of hydrogen-bond donors (Lipinski definition) is 0. The molecular formula is C6H12BrMgN. The third-order valence-electron chi connectivity index (χ3n) is 1.43. The standard InChI is InChI=1S/C6H12N.BrH.Mg/c1-7-5-3-2-4-6-7;;/h2H,3-6H2,1H3;1H;/q-1;;+2/p-1. The van der Waals surface area contributed by atoms with Gasteiger partial charge in [0.15, 0.2) is 0 Å². The van der Waals surface area contributed by atoms with Gasteiger partial charge in [0, 0.05) is 0 Å². The van der Waals surface area contributed by atoms with Gasteiger partial charge in [-0.2, -0.15) is 12.8 Å². The second-order valence-electron chi connectivity index (χ2n) is 2.17. The van der Waals surface area contributed by atoms with Gasteiger partial charge in [-0.25, -0.2) is 0 Å². The molecule has 1 aliphatic rings. The Balaban J connectivity index is 0. The maximum atomic E-state index is 2.36. The van der Waals surface area contributed by atoms with Gasteiger partial charge in [0.05, 0.1) is 0 Å². The van der Waals surface area contributed by atoms with E-state index in [1.54, 1.807) is 0 Å². The SMILES string of the molecule is CN1CC[CH-]CC1.[Br-].[Mg+2]. The van der Waals surface area contributed by atoms with Crippen LogP contribution in [0.3, 0.4) is 0 Å². The first-order valence-corrected chi connectivity index (χ1v) is 2.90. The minimum Gasteiger partial charge on any atom is -1.00 e. The van der Waals surface area contributed by atoms with E-state index in [1.807, 2.05) is 0 Å². The van der Waals surface area contributed by atoms with Crippen LogP contribution in [0.25, 0.3) is 0 Å². The number of piperidine rings is 1. The third-order valence-corrected chi connectivity index (χ3v) is 1.43. The van der Waals surface area contributed by atoms with Gasteiger partial charge in [0.25, 0.3) is 0 Å². The maximum absolute atomic E-state index is 2.36. The van der Waals surface area contributed by atoms with Crippen LogP contribution in [0.5, 0.6) is 0 Å². The zero-order valence-electron chi connectivity index (χ0n) is 5.94. The summed E-state index contributed by atoms with van der Waals surface area (Å²) in [5.41, 5.74) is 0. The predicted molar refractivity (Wildman–Crippen MR) is 36.8 cm³/mol. The van der Waals surface area contributed by atoms with E-state index in [-0.39, 0.29) is 40.0 Å². The first-order chi connectivity index (χ1) is 3.39. The molecule has 3 heteroatoms. The molecule has 0 bridgehead atoms. The fraction of sp³-hybridized carbons (Fsp3) is 0.833. The van der Waals surface area contributed by atoms with Crippen LogP contribution in [0.4, 0.5) is 0 Å². The van der Waals surface area contributed by atoms with Gasteiger partial charge in [-0.1, -0.05) is 0 Å². The van der Waals surface area contributed by atoms with E-state index in [4.69, 9.17) is 0 Å². The number of hydrogen-bond acceptors (Lipinski definition) is 1. The summed E-state index contributed by atoms with van der Waals surface area (Å²) in [7, 11) is 2.17. The molecule has 0 N–H and O–H groups in total. The topological polar surface area (TPSA) is 3.24 Å². The quantitative estimate of drug-likeness (QED) is 0.311. The average molecular weight is 202 g/mol. The fourth-order valence-electron chi connectivity index (χ4n) is 0.879. The van der Waals surface area contributed by atoms with Crippen molar-refractivity contribution in [1.29, 1.82) is 0 Å². The van der Waals surface area contributed by atoms with E-state index in [2.05, 4.69) is 18.4 Å². The molecule has 1 nitrogen and oxygen atoms in total. The normalized spacial score (nSPS) is 19.7. The van der Waals surface area contributed by atoms with Crippen LogP contribution in [0.15, 0.2) is 0 Å². The Kier molecular flexibility index (Phi) is 10.4. The van der Waals surface area contributed by atoms with Crippen molar-refractivity contribution in [2.75, 3.05) is 20.1 Å². The van der Waals surface area contributed by atoms with E-state index < -0.39 is 0 Å². The zero-order chi connectivity index (χ0) is 5.11. The van der Waals surface area contributed by atoms with Crippen LogP contribution in [0, 0.1) is 6.42 Å². The van der Waals surface area contributed by atoms with Crippen LogP contribution in [-0.4, -0.2) is 48.1 Å². The molecule has 1 heterocycles. The Labute approximate surface area is 84.1 Å². The summed E-state index contributed by atoms with van der Waals surface area (Å²) in [6, 6.07) is 0. The van der Waals surface area contributed by atoms with Crippen LogP contribution < -0.4 is 17.0 Å². The summed E-state index contributed by atoms with van der Waals surface area (Å²) in [6.45, 7) is 2.53. The van der Waals surface area contributed by atoms with Crippen LogP contribution in [-0.2, 0) is 0 Å². The van der Waals surface area contributed by atoms with E-state index >= 15 is 0 Å². The maximum Gasteiger partial charge on any atom is 2.00 e. The monoisotopic (exact) mass is 201 g/mol.